The Morgan fingerprint density at radius 3 is 2.90 bits per heavy atom. The molecule has 2 rings (SSSR count). The second-order valence-corrected chi connectivity index (χ2v) is 5.74. The van der Waals surface area contributed by atoms with Crippen LogP contribution in [-0.4, -0.2) is 15.8 Å². The highest BCUT2D eigenvalue weighted by Crippen LogP contribution is 2.21. The van der Waals surface area contributed by atoms with Gasteiger partial charge in [-0.25, -0.2) is 4.98 Å². The predicted molar refractivity (Wildman–Crippen MR) is 76.1 cm³/mol. The van der Waals surface area contributed by atoms with Gasteiger partial charge in [0.1, 0.15) is 16.9 Å². The van der Waals surface area contributed by atoms with Gasteiger partial charge in [0.2, 0.25) is 0 Å². The van der Waals surface area contributed by atoms with E-state index in [0.717, 1.165) is 16.0 Å². The molecule has 0 saturated heterocycles. The zero-order chi connectivity index (χ0) is 14.7. The van der Waals surface area contributed by atoms with Crippen LogP contribution in [0.15, 0.2) is 24.4 Å². The lowest BCUT2D eigenvalue weighted by Crippen LogP contribution is -2.23. The van der Waals surface area contributed by atoms with Crippen molar-refractivity contribution in [1.82, 2.24) is 10.3 Å². The first-order chi connectivity index (χ1) is 9.47. The number of hydrogen-bond acceptors (Lipinski definition) is 5. The SMILES string of the molecule is Cc1ccc(CNC(=O)c2cc(Cl)ncc2[N+](=O)[O-])s1. The van der Waals surface area contributed by atoms with Crippen LogP contribution < -0.4 is 5.32 Å². The summed E-state index contributed by atoms with van der Waals surface area (Å²) in [5, 5.41) is 13.5. The number of halogens is 1. The number of pyridine rings is 1. The zero-order valence-corrected chi connectivity index (χ0v) is 12.0. The number of hydrogen-bond donors (Lipinski definition) is 1. The Kier molecular flexibility index (Phi) is 4.31. The molecular weight excluding hydrogens is 302 g/mol. The van der Waals surface area contributed by atoms with Gasteiger partial charge in [-0.3, -0.25) is 14.9 Å². The minimum atomic E-state index is -0.659. The highest BCUT2D eigenvalue weighted by Gasteiger charge is 2.21. The predicted octanol–water partition coefficient (Wildman–Crippen LogP) is 2.94. The van der Waals surface area contributed by atoms with Crippen molar-refractivity contribution in [1.29, 1.82) is 0 Å². The molecule has 104 valence electrons. The molecule has 0 radical (unpaired) electrons. The van der Waals surface area contributed by atoms with Crippen LogP contribution in [0.25, 0.3) is 0 Å². The van der Waals surface area contributed by atoms with Crippen LogP contribution in [-0.2, 0) is 6.54 Å². The molecule has 2 aromatic heterocycles. The largest absolute Gasteiger partial charge is 0.347 e. The number of aryl methyl sites for hydroxylation is 1. The zero-order valence-electron chi connectivity index (χ0n) is 10.4. The van der Waals surface area contributed by atoms with Crippen LogP contribution in [0.5, 0.6) is 0 Å². The molecule has 0 bridgehead atoms. The fourth-order valence-electron chi connectivity index (χ4n) is 1.59. The van der Waals surface area contributed by atoms with E-state index >= 15 is 0 Å². The Hall–Kier alpha value is -1.99. The Morgan fingerprint density at radius 1 is 1.55 bits per heavy atom. The van der Waals surface area contributed by atoms with Crippen LogP contribution in [0.4, 0.5) is 5.69 Å². The molecule has 0 fully saturated rings. The van der Waals surface area contributed by atoms with E-state index in [1.807, 2.05) is 19.1 Å². The van der Waals surface area contributed by atoms with Crippen LogP contribution in [0.3, 0.4) is 0 Å². The highest BCUT2D eigenvalue weighted by molar-refractivity contribution is 7.11. The molecule has 1 N–H and O–H groups in total. The number of carbonyl (C=O) groups is 1. The van der Waals surface area contributed by atoms with E-state index in [4.69, 9.17) is 11.6 Å². The maximum atomic E-state index is 12.0. The summed E-state index contributed by atoms with van der Waals surface area (Å²) in [5.41, 5.74) is -0.461. The molecule has 0 aromatic carbocycles. The van der Waals surface area contributed by atoms with Gasteiger partial charge in [0.25, 0.3) is 11.6 Å². The van der Waals surface area contributed by atoms with Gasteiger partial charge in [-0.15, -0.1) is 11.3 Å². The summed E-state index contributed by atoms with van der Waals surface area (Å²) < 4.78 is 0. The van der Waals surface area contributed by atoms with Crippen LogP contribution in [0, 0.1) is 17.0 Å². The summed E-state index contributed by atoms with van der Waals surface area (Å²) in [6, 6.07) is 5.03. The summed E-state index contributed by atoms with van der Waals surface area (Å²) in [6.07, 6.45) is 0.979. The van der Waals surface area contributed by atoms with E-state index in [-0.39, 0.29) is 16.4 Å². The van der Waals surface area contributed by atoms with E-state index in [0.29, 0.717) is 6.54 Å². The number of thiophene rings is 1. The van der Waals surface area contributed by atoms with E-state index < -0.39 is 10.8 Å². The van der Waals surface area contributed by atoms with Crippen LogP contribution in [0.1, 0.15) is 20.1 Å². The topological polar surface area (TPSA) is 85.1 Å². The molecule has 2 heterocycles. The lowest BCUT2D eigenvalue weighted by molar-refractivity contribution is -0.385. The summed E-state index contributed by atoms with van der Waals surface area (Å²) in [4.78, 5) is 27.9. The quantitative estimate of drug-likeness (QED) is 0.534. The number of nitro groups is 1. The van der Waals surface area contributed by atoms with Gasteiger partial charge in [0.15, 0.2) is 0 Å². The molecule has 0 unspecified atom stereocenters. The molecule has 0 saturated carbocycles. The van der Waals surface area contributed by atoms with Crippen molar-refractivity contribution in [3.8, 4) is 0 Å². The highest BCUT2D eigenvalue weighted by atomic mass is 35.5. The van der Waals surface area contributed by atoms with E-state index in [1.54, 1.807) is 11.3 Å². The summed E-state index contributed by atoms with van der Waals surface area (Å²) >= 11 is 7.23. The number of nitrogens with one attached hydrogen (secondary N) is 1. The number of nitrogens with zero attached hydrogens (tertiary/aromatic N) is 2. The maximum absolute atomic E-state index is 12.0. The third-order valence-electron chi connectivity index (χ3n) is 2.51. The number of amides is 1. The standard InChI is InChI=1S/C12H10ClN3O3S/c1-7-2-3-8(20-7)5-15-12(17)9-4-11(13)14-6-10(9)16(18)19/h2-4,6H,5H2,1H3,(H,15,17). The van der Waals surface area contributed by atoms with Crippen molar-refractivity contribution >= 4 is 34.5 Å². The summed E-state index contributed by atoms with van der Waals surface area (Å²) in [5.74, 6) is -0.549. The van der Waals surface area contributed by atoms with Gasteiger partial charge in [0.05, 0.1) is 11.5 Å². The lowest BCUT2D eigenvalue weighted by Gasteiger charge is -2.04. The molecule has 0 spiro atoms. The lowest BCUT2D eigenvalue weighted by atomic mass is 10.2. The summed E-state index contributed by atoms with van der Waals surface area (Å²) in [7, 11) is 0. The van der Waals surface area contributed by atoms with Crippen molar-refractivity contribution in [3.63, 3.8) is 0 Å². The summed E-state index contributed by atoms with van der Waals surface area (Å²) in [6.45, 7) is 2.28. The maximum Gasteiger partial charge on any atom is 0.300 e. The molecule has 0 aliphatic heterocycles. The first-order valence-electron chi connectivity index (χ1n) is 5.61. The van der Waals surface area contributed by atoms with Crippen LogP contribution in [0.2, 0.25) is 5.15 Å². The van der Waals surface area contributed by atoms with E-state index in [2.05, 4.69) is 10.3 Å². The molecule has 1 amide bonds. The van der Waals surface area contributed by atoms with Crippen molar-refractivity contribution < 1.29 is 9.72 Å². The van der Waals surface area contributed by atoms with Crippen molar-refractivity contribution in [2.45, 2.75) is 13.5 Å². The monoisotopic (exact) mass is 311 g/mol. The average molecular weight is 312 g/mol. The molecule has 0 atom stereocenters. The normalized spacial score (nSPS) is 10.3. The van der Waals surface area contributed by atoms with Gasteiger partial charge in [-0.1, -0.05) is 11.6 Å². The van der Waals surface area contributed by atoms with Gasteiger partial charge in [-0.2, -0.15) is 0 Å². The minimum absolute atomic E-state index is 0.0349. The van der Waals surface area contributed by atoms with Crippen molar-refractivity contribution in [3.05, 3.63) is 55.0 Å². The molecular formula is C12H10ClN3O3S. The number of rotatable bonds is 4. The Morgan fingerprint density at radius 2 is 2.30 bits per heavy atom. The molecule has 20 heavy (non-hydrogen) atoms. The van der Waals surface area contributed by atoms with Gasteiger partial charge >= 0.3 is 0 Å². The smallest absolute Gasteiger partial charge is 0.300 e. The van der Waals surface area contributed by atoms with Crippen molar-refractivity contribution in [2.75, 3.05) is 0 Å². The van der Waals surface area contributed by atoms with Crippen LogP contribution >= 0.6 is 22.9 Å². The molecule has 0 aliphatic carbocycles. The first kappa shape index (κ1) is 14.4. The van der Waals surface area contributed by atoms with E-state index in [9.17, 15) is 14.9 Å². The number of aromatic nitrogens is 1. The van der Waals surface area contributed by atoms with Crippen molar-refractivity contribution in [2.24, 2.45) is 0 Å². The average Bonchev–Trinajstić information content (AvgIpc) is 2.81. The van der Waals surface area contributed by atoms with Gasteiger partial charge in [0, 0.05) is 9.75 Å². The third kappa shape index (κ3) is 3.31. The fourth-order valence-corrected chi connectivity index (χ4v) is 2.58. The molecule has 0 aliphatic rings. The Bertz CT molecular complexity index is 672. The molecule has 2 aromatic rings. The Balaban J connectivity index is 2.16. The minimum Gasteiger partial charge on any atom is -0.347 e. The Labute approximate surface area is 123 Å². The van der Waals surface area contributed by atoms with Gasteiger partial charge < -0.3 is 5.32 Å². The first-order valence-corrected chi connectivity index (χ1v) is 6.80. The van der Waals surface area contributed by atoms with Gasteiger partial charge in [-0.05, 0) is 25.1 Å². The molecule has 6 nitrogen and oxygen atoms in total. The fraction of sp³-hybridized carbons (Fsp3) is 0.167. The second kappa shape index (κ2) is 5.98. The molecule has 8 heteroatoms. The third-order valence-corrected chi connectivity index (χ3v) is 3.72. The second-order valence-electron chi connectivity index (χ2n) is 3.98. The number of carbonyl (C=O) groups excluding carboxylic acids is 1. The van der Waals surface area contributed by atoms with E-state index in [1.165, 1.54) is 6.07 Å².